The van der Waals surface area contributed by atoms with Gasteiger partial charge in [0.2, 0.25) is 5.91 Å². The van der Waals surface area contributed by atoms with Gasteiger partial charge in [-0.2, -0.15) is 0 Å². The van der Waals surface area contributed by atoms with Crippen molar-refractivity contribution >= 4 is 5.91 Å². The normalized spacial score (nSPS) is 30.9. The van der Waals surface area contributed by atoms with Gasteiger partial charge in [-0.3, -0.25) is 4.79 Å². The van der Waals surface area contributed by atoms with E-state index in [2.05, 4.69) is 54.3 Å². The number of hydrogen-bond acceptors (Lipinski definition) is 2. The first kappa shape index (κ1) is 17.5. The molecular formula is C23H30N2O. The lowest BCUT2D eigenvalue weighted by Gasteiger charge is -2.22. The van der Waals surface area contributed by atoms with Crippen LogP contribution in [0.3, 0.4) is 0 Å². The summed E-state index contributed by atoms with van der Waals surface area (Å²) in [7, 11) is 0. The minimum Gasteiger partial charge on any atom is -0.342 e. The molecule has 3 nitrogen and oxygen atoms in total. The number of aryl methyl sites for hydroxylation is 1. The largest absolute Gasteiger partial charge is 0.342 e. The van der Waals surface area contributed by atoms with Gasteiger partial charge in [0.1, 0.15) is 0 Å². The van der Waals surface area contributed by atoms with E-state index in [0.29, 0.717) is 17.7 Å². The molecule has 138 valence electrons. The second kappa shape index (κ2) is 7.40. The summed E-state index contributed by atoms with van der Waals surface area (Å²) < 4.78 is 0. The van der Waals surface area contributed by atoms with Crippen molar-refractivity contribution in [3.05, 3.63) is 59.2 Å². The van der Waals surface area contributed by atoms with Crippen LogP contribution in [-0.4, -0.2) is 29.9 Å². The number of hydrogen-bond donors (Lipinski definition) is 1. The SMILES string of the molecule is Cc1ccc(C2C=CC=CC2)c(C2CC2C(=O)N2CCCC(N)CC2)c1. The van der Waals surface area contributed by atoms with E-state index >= 15 is 0 Å². The fourth-order valence-electron chi connectivity index (χ4n) is 4.55. The molecule has 1 aromatic carbocycles. The Morgan fingerprint density at radius 2 is 2.04 bits per heavy atom. The number of carbonyl (C=O) groups is 1. The van der Waals surface area contributed by atoms with Gasteiger partial charge in [0.05, 0.1) is 0 Å². The monoisotopic (exact) mass is 350 g/mol. The molecule has 2 aliphatic carbocycles. The maximum Gasteiger partial charge on any atom is 0.226 e. The van der Waals surface area contributed by atoms with Gasteiger partial charge in [-0.1, -0.05) is 48.1 Å². The van der Waals surface area contributed by atoms with Crippen LogP contribution >= 0.6 is 0 Å². The van der Waals surface area contributed by atoms with E-state index in [4.69, 9.17) is 5.73 Å². The minimum absolute atomic E-state index is 0.174. The lowest BCUT2D eigenvalue weighted by Crippen LogP contribution is -2.34. The van der Waals surface area contributed by atoms with E-state index in [1.807, 2.05) is 0 Å². The summed E-state index contributed by atoms with van der Waals surface area (Å²) in [4.78, 5) is 15.1. The molecule has 0 radical (unpaired) electrons. The van der Waals surface area contributed by atoms with Crippen molar-refractivity contribution in [1.29, 1.82) is 0 Å². The van der Waals surface area contributed by atoms with E-state index in [1.54, 1.807) is 0 Å². The first-order valence-corrected chi connectivity index (χ1v) is 10.1. The smallest absolute Gasteiger partial charge is 0.226 e. The Morgan fingerprint density at radius 1 is 1.15 bits per heavy atom. The summed E-state index contributed by atoms with van der Waals surface area (Å²) in [6, 6.07) is 7.07. The van der Waals surface area contributed by atoms with Gasteiger partial charge in [0.25, 0.3) is 0 Å². The number of rotatable bonds is 3. The van der Waals surface area contributed by atoms with E-state index in [1.165, 1.54) is 16.7 Å². The molecule has 2 fully saturated rings. The average molecular weight is 351 g/mol. The highest BCUT2D eigenvalue weighted by Gasteiger charge is 2.47. The number of amides is 1. The first-order valence-electron chi connectivity index (χ1n) is 10.1. The zero-order chi connectivity index (χ0) is 18.1. The average Bonchev–Trinajstić information content (AvgIpc) is 3.46. The second-order valence-electron chi connectivity index (χ2n) is 8.25. The van der Waals surface area contributed by atoms with Crippen LogP contribution in [0.25, 0.3) is 0 Å². The topological polar surface area (TPSA) is 46.3 Å². The predicted molar refractivity (Wildman–Crippen MR) is 106 cm³/mol. The van der Waals surface area contributed by atoms with Gasteiger partial charge < -0.3 is 10.6 Å². The van der Waals surface area contributed by atoms with Crippen LogP contribution < -0.4 is 5.73 Å². The van der Waals surface area contributed by atoms with Gasteiger partial charge in [-0.25, -0.2) is 0 Å². The minimum atomic E-state index is 0.174. The van der Waals surface area contributed by atoms with Crippen LogP contribution in [-0.2, 0) is 4.79 Å². The lowest BCUT2D eigenvalue weighted by atomic mass is 9.86. The van der Waals surface area contributed by atoms with Gasteiger partial charge >= 0.3 is 0 Å². The zero-order valence-corrected chi connectivity index (χ0v) is 15.7. The maximum atomic E-state index is 13.0. The van der Waals surface area contributed by atoms with Crippen molar-refractivity contribution in [3.63, 3.8) is 0 Å². The quantitative estimate of drug-likeness (QED) is 0.894. The van der Waals surface area contributed by atoms with Crippen molar-refractivity contribution in [3.8, 4) is 0 Å². The van der Waals surface area contributed by atoms with Crippen molar-refractivity contribution in [2.45, 2.75) is 56.9 Å². The fourth-order valence-corrected chi connectivity index (χ4v) is 4.55. The van der Waals surface area contributed by atoms with Crippen LogP contribution in [0.4, 0.5) is 0 Å². The zero-order valence-electron chi connectivity index (χ0n) is 15.7. The Kier molecular flexibility index (Phi) is 4.99. The molecule has 1 aliphatic heterocycles. The molecule has 1 heterocycles. The van der Waals surface area contributed by atoms with Gasteiger partial charge in [0.15, 0.2) is 0 Å². The number of carbonyl (C=O) groups excluding carboxylic acids is 1. The molecule has 0 spiro atoms. The van der Waals surface area contributed by atoms with Crippen LogP contribution in [0.2, 0.25) is 0 Å². The van der Waals surface area contributed by atoms with Crippen molar-refractivity contribution in [1.82, 2.24) is 4.90 Å². The summed E-state index contributed by atoms with van der Waals surface area (Å²) in [5.74, 6) is 1.38. The van der Waals surface area contributed by atoms with Gasteiger partial charge in [-0.15, -0.1) is 0 Å². The van der Waals surface area contributed by atoms with E-state index in [9.17, 15) is 4.79 Å². The molecule has 4 rings (SSSR count). The van der Waals surface area contributed by atoms with E-state index < -0.39 is 0 Å². The molecule has 3 aliphatic rings. The molecule has 1 amide bonds. The third kappa shape index (κ3) is 3.64. The standard InChI is InChI=1S/C23H30N2O/c1-16-9-10-19(17-6-3-2-4-7-17)20(14-16)21-15-22(21)23(26)25-12-5-8-18(24)11-13-25/h2-4,6,9-10,14,17-18,21-22H,5,7-8,11-13,15,24H2,1H3. The van der Waals surface area contributed by atoms with Crippen LogP contribution in [0.1, 0.15) is 60.6 Å². The Balaban J connectivity index is 1.50. The summed E-state index contributed by atoms with van der Waals surface area (Å²) in [6.07, 6.45) is 13.9. The van der Waals surface area contributed by atoms with E-state index in [0.717, 1.165) is 45.2 Å². The number of nitrogens with zero attached hydrogens (tertiary/aromatic N) is 1. The summed E-state index contributed by atoms with van der Waals surface area (Å²) in [5.41, 5.74) is 10.2. The Bertz CT molecular complexity index is 736. The number of allylic oxidation sites excluding steroid dienone is 4. The molecular weight excluding hydrogens is 320 g/mol. The lowest BCUT2D eigenvalue weighted by molar-refractivity contribution is -0.132. The molecule has 1 saturated carbocycles. The molecule has 4 atom stereocenters. The number of nitrogens with two attached hydrogens (primary N) is 1. The summed E-state index contributed by atoms with van der Waals surface area (Å²) in [6.45, 7) is 3.87. The predicted octanol–water partition coefficient (Wildman–Crippen LogP) is 4.04. The molecule has 3 heteroatoms. The van der Waals surface area contributed by atoms with Crippen LogP contribution in [0.15, 0.2) is 42.5 Å². The molecule has 2 N–H and O–H groups in total. The van der Waals surface area contributed by atoms with Crippen molar-refractivity contribution in [2.75, 3.05) is 13.1 Å². The highest BCUT2D eigenvalue weighted by molar-refractivity contribution is 5.83. The summed E-state index contributed by atoms with van der Waals surface area (Å²) in [5, 5.41) is 0. The first-order chi connectivity index (χ1) is 12.6. The Morgan fingerprint density at radius 3 is 2.85 bits per heavy atom. The second-order valence-corrected chi connectivity index (χ2v) is 8.25. The maximum absolute atomic E-state index is 13.0. The third-order valence-corrected chi connectivity index (χ3v) is 6.21. The van der Waals surface area contributed by atoms with Crippen molar-refractivity contribution < 1.29 is 4.79 Å². The number of benzene rings is 1. The molecule has 1 aromatic rings. The Hall–Kier alpha value is -1.87. The van der Waals surface area contributed by atoms with Crippen molar-refractivity contribution in [2.24, 2.45) is 11.7 Å². The number of likely N-dealkylation sites (tertiary alicyclic amines) is 1. The molecule has 0 aromatic heterocycles. The van der Waals surface area contributed by atoms with Crippen LogP contribution in [0, 0.1) is 12.8 Å². The van der Waals surface area contributed by atoms with Gasteiger partial charge in [0, 0.05) is 31.0 Å². The van der Waals surface area contributed by atoms with E-state index in [-0.39, 0.29) is 12.0 Å². The molecule has 1 saturated heterocycles. The Labute approximate surface area is 156 Å². The van der Waals surface area contributed by atoms with Crippen LogP contribution in [0.5, 0.6) is 0 Å². The third-order valence-electron chi connectivity index (χ3n) is 6.21. The summed E-state index contributed by atoms with van der Waals surface area (Å²) >= 11 is 0. The molecule has 4 unspecified atom stereocenters. The molecule has 0 bridgehead atoms. The fraction of sp³-hybridized carbons (Fsp3) is 0.522. The van der Waals surface area contributed by atoms with Gasteiger partial charge in [-0.05, 0) is 56.1 Å². The highest BCUT2D eigenvalue weighted by Crippen LogP contribution is 2.51. The highest BCUT2D eigenvalue weighted by atomic mass is 16.2. The molecule has 26 heavy (non-hydrogen) atoms.